The number of benzene rings is 1. The molecule has 0 amide bonds. The highest BCUT2D eigenvalue weighted by molar-refractivity contribution is 14.0. The van der Waals surface area contributed by atoms with Crippen LogP contribution in [0.5, 0.6) is 5.75 Å². The second kappa shape index (κ2) is 11.3. The van der Waals surface area contributed by atoms with E-state index in [9.17, 15) is 0 Å². The van der Waals surface area contributed by atoms with E-state index >= 15 is 0 Å². The average molecular weight is 474 g/mol. The number of nitrogens with one attached hydrogen (secondary N) is 2. The first-order valence-electron chi connectivity index (χ1n) is 8.22. The molecule has 0 aliphatic heterocycles. The Labute approximate surface area is 171 Å². The number of guanidine groups is 1. The third-order valence-electron chi connectivity index (χ3n) is 3.60. The van der Waals surface area contributed by atoms with Gasteiger partial charge in [-0.3, -0.25) is 4.99 Å². The van der Waals surface area contributed by atoms with E-state index in [2.05, 4.69) is 26.7 Å². The number of nitrogens with zero attached hydrogens (tertiary/aromatic N) is 2. The van der Waals surface area contributed by atoms with Gasteiger partial charge in [-0.15, -0.1) is 35.3 Å². The molecule has 0 aliphatic rings. The van der Waals surface area contributed by atoms with Crippen molar-refractivity contribution in [2.24, 2.45) is 4.99 Å². The number of aromatic nitrogens is 1. The van der Waals surface area contributed by atoms with Gasteiger partial charge in [0.15, 0.2) is 5.96 Å². The molecule has 0 unspecified atom stereocenters. The minimum absolute atomic E-state index is 0. The molecule has 0 atom stereocenters. The SMILES string of the molecule is CCOc1ccccc1CCNC(=NC)NCc1sc(C)nc1C.I. The summed E-state index contributed by atoms with van der Waals surface area (Å²) in [6, 6.07) is 8.16. The largest absolute Gasteiger partial charge is 0.494 e. The Morgan fingerprint density at radius 2 is 2.00 bits per heavy atom. The molecule has 1 aromatic heterocycles. The van der Waals surface area contributed by atoms with E-state index in [4.69, 9.17) is 4.74 Å². The highest BCUT2D eigenvalue weighted by atomic mass is 127. The molecule has 0 bridgehead atoms. The van der Waals surface area contributed by atoms with Crippen LogP contribution in [0.2, 0.25) is 0 Å². The highest BCUT2D eigenvalue weighted by Crippen LogP contribution is 2.18. The lowest BCUT2D eigenvalue weighted by molar-refractivity contribution is 0.336. The molecule has 0 radical (unpaired) electrons. The number of halogens is 1. The van der Waals surface area contributed by atoms with Gasteiger partial charge in [-0.1, -0.05) is 18.2 Å². The number of hydrogen-bond donors (Lipinski definition) is 2. The predicted molar refractivity (Wildman–Crippen MR) is 117 cm³/mol. The van der Waals surface area contributed by atoms with Gasteiger partial charge in [-0.05, 0) is 38.8 Å². The molecule has 2 N–H and O–H groups in total. The van der Waals surface area contributed by atoms with Crippen LogP contribution in [0.1, 0.15) is 28.1 Å². The van der Waals surface area contributed by atoms with E-state index < -0.39 is 0 Å². The van der Waals surface area contributed by atoms with Crippen molar-refractivity contribution in [3.63, 3.8) is 0 Å². The Kier molecular flexibility index (Phi) is 9.81. The lowest BCUT2D eigenvalue weighted by Gasteiger charge is -2.13. The van der Waals surface area contributed by atoms with Crippen LogP contribution in [0.3, 0.4) is 0 Å². The second-order valence-electron chi connectivity index (χ2n) is 5.38. The summed E-state index contributed by atoms with van der Waals surface area (Å²) >= 11 is 1.72. The Bertz CT molecular complexity index is 687. The maximum absolute atomic E-state index is 5.66. The van der Waals surface area contributed by atoms with Gasteiger partial charge in [0.2, 0.25) is 0 Å². The van der Waals surface area contributed by atoms with Crippen LogP contribution >= 0.6 is 35.3 Å². The number of thiazole rings is 1. The normalized spacial score (nSPS) is 11.0. The molecule has 138 valence electrons. The van der Waals surface area contributed by atoms with Crippen LogP contribution in [-0.4, -0.2) is 31.1 Å². The average Bonchev–Trinajstić information content (AvgIpc) is 2.90. The molecule has 0 fully saturated rings. The van der Waals surface area contributed by atoms with Crippen molar-refractivity contribution in [1.29, 1.82) is 0 Å². The standard InChI is InChI=1S/C18H26N4OS.HI/c1-5-23-16-9-7-6-8-15(16)10-11-20-18(19-4)21-12-17-13(2)22-14(3)24-17;/h6-9H,5,10-12H2,1-4H3,(H2,19,20,21);1H. The van der Waals surface area contributed by atoms with Crippen molar-refractivity contribution in [3.05, 3.63) is 45.4 Å². The molecule has 1 heterocycles. The summed E-state index contributed by atoms with van der Waals surface area (Å²) in [7, 11) is 1.79. The monoisotopic (exact) mass is 474 g/mol. The van der Waals surface area contributed by atoms with E-state index in [1.165, 1.54) is 10.4 Å². The Morgan fingerprint density at radius 3 is 2.64 bits per heavy atom. The molecule has 0 aliphatic carbocycles. The Balaban J connectivity index is 0.00000312. The van der Waals surface area contributed by atoms with Gasteiger partial charge in [-0.25, -0.2) is 4.98 Å². The molecule has 5 nitrogen and oxygen atoms in total. The van der Waals surface area contributed by atoms with Crippen LogP contribution in [0.4, 0.5) is 0 Å². The number of ether oxygens (including phenoxy) is 1. The summed E-state index contributed by atoms with van der Waals surface area (Å²) in [5.41, 5.74) is 2.29. The van der Waals surface area contributed by atoms with Crippen molar-refractivity contribution in [2.45, 2.75) is 33.7 Å². The van der Waals surface area contributed by atoms with E-state index in [0.717, 1.165) is 41.9 Å². The number of aliphatic imine (C=N–C) groups is 1. The van der Waals surface area contributed by atoms with Crippen LogP contribution in [0.15, 0.2) is 29.3 Å². The maximum atomic E-state index is 5.66. The van der Waals surface area contributed by atoms with Gasteiger partial charge >= 0.3 is 0 Å². The fourth-order valence-electron chi connectivity index (χ4n) is 2.44. The molecule has 0 saturated heterocycles. The zero-order valence-electron chi connectivity index (χ0n) is 15.3. The highest BCUT2D eigenvalue weighted by Gasteiger charge is 2.06. The topological polar surface area (TPSA) is 58.5 Å². The third-order valence-corrected chi connectivity index (χ3v) is 4.67. The Hall–Kier alpha value is -1.35. The molecule has 2 rings (SSSR count). The molecular formula is C18H27IN4OS. The molecule has 1 aromatic carbocycles. The zero-order valence-corrected chi connectivity index (χ0v) is 18.4. The fourth-order valence-corrected chi connectivity index (χ4v) is 3.32. The lowest BCUT2D eigenvalue weighted by atomic mass is 10.1. The predicted octanol–water partition coefficient (Wildman–Crippen LogP) is 3.68. The maximum Gasteiger partial charge on any atom is 0.191 e. The third kappa shape index (κ3) is 6.81. The van der Waals surface area contributed by atoms with Gasteiger partial charge in [0, 0.05) is 18.5 Å². The molecule has 0 saturated carbocycles. The van der Waals surface area contributed by atoms with Crippen LogP contribution in [0.25, 0.3) is 0 Å². The summed E-state index contributed by atoms with van der Waals surface area (Å²) in [6.07, 6.45) is 0.884. The van der Waals surface area contributed by atoms with Crippen molar-refractivity contribution in [3.8, 4) is 5.75 Å². The Morgan fingerprint density at radius 1 is 1.24 bits per heavy atom. The quantitative estimate of drug-likeness (QED) is 0.365. The van der Waals surface area contributed by atoms with Crippen molar-refractivity contribution >= 4 is 41.3 Å². The molecule has 25 heavy (non-hydrogen) atoms. The van der Waals surface area contributed by atoms with Crippen molar-refractivity contribution in [1.82, 2.24) is 15.6 Å². The summed E-state index contributed by atoms with van der Waals surface area (Å²) in [6.45, 7) is 8.30. The zero-order chi connectivity index (χ0) is 17.4. The van der Waals surface area contributed by atoms with Crippen molar-refractivity contribution < 1.29 is 4.74 Å². The van der Waals surface area contributed by atoms with Crippen molar-refractivity contribution in [2.75, 3.05) is 20.2 Å². The van der Waals surface area contributed by atoms with Gasteiger partial charge in [0.25, 0.3) is 0 Å². The molecule has 2 aromatic rings. The number of hydrogen-bond acceptors (Lipinski definition) is 4. The number of aryl methyl sites for hydroxylation is 2. The number of rotatable bonds is 7. The van der Waals surface area contributed by atoms with E-state index in [1.807, 2.05) is 39.0 Å². The van der Waals surface area contributed by atoms with E-state index in [1.54, 1.807) is 18.4 Å². The van der Waals surface area contributed by atoms with Gasteiger partial charge in [0.05, 0.1) is 23.9 Å². The number of para-hydroxylation sites is 1. The first kappa shape index (κ1) is 21.7. The van der Waals surface area contributed by atoms with Crippen LogP contribution in [0, 0.1) is 13.8 Å². The summed E-state index contributed by atoms with van der Waals surface area (Å²) in [5.74, 6) is 1.76. The molecule has 0 spiro atoms. The van der Waals surface area contributed by atoms with Gasteiger partial charge < -0.3 is 15.4 Å². The van der Waals surface area contributed by atoms with E-state index in [0.29, 0.717) is 6.61 Å². The van der Waals surface area contributed by atoms with Crippen LogP contribution < -0.4 is 15.4 Å². The molecule has 7 heteroatoms. The smallest absolute Gasteiger partial charge is 0.191 e. The minimum Gasteiger partial charge on any atom is -0.494 e. The van der Waals surface area contributed by atoms with Gasteiger partial charge in [0.1, 0.15) is 5.75 Å². The summed E-state index contributed by atoms with van der Waals surface area (Å²) in [5, 5.41) is 7.79. The summed E-state index contributed by atoms with van der Waals surface area (Å²) < 4.78 is 5.66. The first-order valence-corrected chi connectivity index (χ1v) is 9.03. The first-order chi connectivity index (χ1) is 11.6. The summed E-state index contributed by atoms with van der Waals surface area (Å²) in [4.78, 5) is 9.97. The molecular weight excluding hydrogens is 447 g/mol. The minimum atomic E-state index is 0. The van der Waals surface area contributed by atoms with E-state index in [-0.39, 0.29) is 24.0 Å². The van der Waals surface area contributed by atoms with Gasteiger partial charge in [-0.2, -0.15) is 0 Å². The second-order valence-corrected chi connectivity index (χ2v) is 6.67. The fraction of sp³-hybridized carbons (Fsp3) is 0.444. The lowest BCUT2D eigenvalue weighted by Crippen LogP contribution is -2.37. The van der Waals surface area contributed by atoms with Crippen LogP contribution in [-0.2, 0) is 13.0 Å².